The quantitative estimate of drug-likeness (QED) is 0.473. The van der Waals surface area contributed by atoms with E-state index in [-0.39, 0.29) is 11.7 Å². The van der Waals surface area contributed by atoms with Crippen molar-refractivity contribution in [3.63, 3.8) is 0 Å². The molecule has 1 saturated heterocycles. The van der Waals surface area contributed by atoms with E-state index in [2.05, 4.69) is 46.4 Å². The molecule has 1 aliphatic heterocycles. The minimum atomic E-state index is -0.308. The van der Waals surface area contributed by atoms with Gasteiger partial charge in [-0.3, -0.25) is 4.79 Å². The smallest absolute Gasteiger partial charge is 0.278 e. The molecule has 33 heavy (non-hydrogen) atoms. The van der Waals surface area contributed by atoms with Crippen LogP contribution in [0.3, 0.4) is 0 Å². The van der Waals surface area contributed by atoms with Crippen LogP contribution in [0, 0.1) is 12.7 Å². The molecule has 2 aromatic heterocycles. The standard InChI is InChI=1S/C25H25FN6O/c1-19-7-9-22(10-8-19)29-13-15-31(16-14-29)25(33)23-24(30-11-2-3-12-30)32(28-27-23)18-20-5-4-6-21(26)17-20/h2-12,17H,13-16,18H2,1H3. The van der Waals surface area contributed by atoms with Gasteiger partial charge in [0.1, 0.15) is 5.82 Å². The number of hydrogen-bond donors (Lipinski definition) is 0. The van der Waals surface area contributed by atoms with E-state index < -0.39 is 0 Å². The third-order valence-corrected chi connectivity index (χ3v) is 5.95. The molecule has 0 aliphatic carbocycles. The zero-order chi connectivity index (χ0) is 22.8. The molecule has 0 bridgehead atoms. The second-order valence-electron chi connectivity index (χ2n) is 8.25. The predicted octanol–water partition coefficient (Wildman–Crippen LogP) is 3.53. The number of aryl methyl sites for hydroxylation is 1. The maximum atomic E-state index is 13.7. The van der Waals surface area contributed by atoms with Gasteiger partial charge in [-0.2, -0.15) is 0 Å². The number of hydrogen-bond acceptors (Lipinski definition) is 4. The number of carbonyl (C=O) groups is 1. The molecule has 0 saturated carbocycles. The second kappa shape index (κ2) is 8.90. The normalized spacial score (nSPS) is 14.0. The Hall–Kier alpha value is -3.94. The first-order chi connectivity index (χ1) is 16.1. The molecule has 4 aromatic rings. The third-order valence-electron chi connectivity index (χ3n) is 5.95. The highest BCUT2D eigenvalue weighted by Crippen LogP contribution is 2.20. The van der Waals surface area contributed by atoms with Crippen molar-refractivity contribution in [2.45, 2.75) is 13.5 Å². The van der Waals surface area contributed by atoms with Crippen molar-refractivity contribution >= 4 is 11.6 Å². The average molecular weight is 445 g/mol. The number of nitrogens with zero attached hydrogens (tertiary/aromatic N) is 6. The topological polar surface area (TPSA) is 59.2 Å². The molecule has 5 rings (SSSR count). The maximum Gasteiger partial charge on any atom is 0.278 e. The fourth-order valence-electron chi connectivity index (χ4n) is 4.17. The minimum absolute atomic E-state index is 0.146. The van der Waals surface area contributed by atoms with Crippen LogP contribution in [-0.2, 0) is 6.54 Å². The Kier molecular flexibility index (Phi) is 5.64. The number of halogens is 1. The Balaban J connectivity index is 1.37. The van der Waals surface area contributed by atoms with Gasteiger partial charge < -0.3 is 14.4 Å². The van der Waals surface area contributed by atoms with E-state index in [9.17, 15) is 9.18 Å². The molecule has 1 amide bonds. The largest absolute Gasteiger partial charge is 0.368 e. The van der Waals surface area contributed by atoms with Crippen molar-refractivity contribution in [1.29, 1.82) is 0 Å². The van der Waals surface area contributed by atoms with E-state index in [1.807, 2.05) is 40.1 Å². The average Bonchev–Trinajstić information content (AvgIpc) is 3.49. The second-order valence-corrected chi connectivity index (χ2v) is 8.25. The van der Waals surface area contributed by atoms with E-state index in [0.717, 1.165) is 18.7 Å². The van der Waals surface area contributed by atoms with Crippen LogP contribution in [0.25, 0.3) is 5.82 Å². The number of carbonyl (C=O) groups excluding carboxylic acids is 1. The van der Waals surface area contributed by atoms with Gasteiger partial charge in [0.2, 0.25) is 0 Å². The lowest BCUT2D eigenvalue weighted by Crippen LogP contribution is -2.49. The van der Waals surface area contributed by atoms with E-state index in [1.165, 1.54) is 23.4 Å². The molecular weight excluding hydrogens is 419 g/mol. The molecule has 0 unspecified atom stereocenters. The predicted molar refractivity (Wildman–Crippen MR) is 124 cm³/mol. The molecule has 0 radical (unpaired) electrons. The number of benzene rings is 2. The van der Waals surface area contributed by atoms with Crippen LogP contribution in [0.4, 0.5) is 10.1 Å². The minimum Gasteiger partial charge on any atom is -0.368 e. The fourth-order valence-corrected chi connectivity index (χ4v) is 4.17. The molecule has 0 atom stereocenters. The molecule has 0 spiro atoms. The molecule has 168 valence electrons. The van der Waals surface area contributed by atoms with Gasteiger partial charge in [0.15, 0.2) is 11.5 Å². The summed E-state index contributed by atoms with van der Waals surface area (Å²) in [7, 11) is 0. The molecule has 8 heteroatoms. The Bertz CT molecular complexity index is 1240. The summed E-state index contributed by atoms with van der Waals surface area (Å²) < 4.78 is 17.2. The van der Waals surface area contributed by atoms with Crippen molar-refractivity contribution in [2.24, 2.45) is 0 Å². The van der Waals surface area contributed by atoms with Crippen molar-refractivity contribution in [3.8, 4) is 5.82 Å². The van der Waals surface area contributed by atoms with Crippen LogP contribution in [0.15, 0.2) is 73.1 Å². The van der Waals surface area contributed by atoms with Crippen LogP contribution in [0.1, 0.15) is 21.6 Å². The molecule has 1 aliphatic rings. The van der Waals surface area contributed by atoms with Gasteiger partial charge in [-0.25, -0.2) is 9.07 Å². The van der Waals surface area contributed by atoms with Crippen LogP contribution < -0.4 is 4.90 Å². The van der Waals surface area contributed by atoms with Gasteiger partial charge in [-0.1, -0.05) is 35.0 Å². The van der Waals surface area contributed by atoms with Gasteiger partial charge in [0.25, 0.3) is 5.91 Å². The first-order valence-corrected chi connectivity index (χ1v) is 11.0. The lowest BCUT2D eigenvalue weighted by molar-refractivity contribution is 0.0740. The summed E-state index contributed by atoms with van der Waals surface area (Å²) in [6, 6.07) is 18.6. The molecule has 3 heterocycles. The lowest BCUT2D eigenvalue weighted by atomic mass is 10.2. The van der Waals surface area contributed by atoms with E-state index in [0.29, 0.717) is 31.1 Å². The van der Waals surface area contributed by atoms with Gasteiger partial charge >= 0.3 is 0 Å². The number of rotatable bonds is 5. The highest BCUT2D eigenvalue weighted by atomic mass is 19.1. The summed E-state index contributed by atoms with van der Waals surface area (Å²) in [4.78, 5) is 17.6. The first-order valence-electron chi connectivity index (χ1n) is 11.0. The number of piperazine rings is 1. The fraction of sp³-hybridized carbons (Fsp3) is 0.240. The Morgan fingerprint density at radius 3 is 2.39 bits per heavy atom. The number of amides is 1. The summed E-state index contributed by atoms with van der Waals surface area (Å²) in [5.74, 6) is 0.126. The van der Waals surface area contributed by atoms with Crippen molar-refractivity contribution in [1.82, 2.24) is 24.5 Å². The summed E-state index contributed by atoms with van der Waals surface area (Å²) in [5.41, 5.74) is 3.44. The molecule has 0 N–H and O–H groups in total. The van der Waals surface area contributed by atoms with Gasteiger partial charge in [-0.05, 0) is 48.9 Å². The van der Waals surface area contributed by atoms with Crippen molar-refractivity contribution in [2.75, 3.05) is 31.1 Å². The van der Waals surface area contributed by atoms with Gasteiger partial charge in [0.05, 0.1) is 6.54 Å². The van der Waals surface area contributed by atoms with E-state index >= 15 is 0 Å². The Morgan fingerprint density at radius 1 is 0.970 bits per heavy atom. The van der Waals surface area contributed by atoms with Crippen molar-refractivity contribution < 1.29 is 9.18 Å². The van der Waals surface area contributed by atoms with Crippen LogP contribution in [0.5, 0.6) is 0 Å². The van der Waals surface area contributed by atoms with Crippen LogP contribution >= 0.6 is 0 Å². The monoisotopic (exact) mass is 444 g/mol. The highest BCUT2D eigenvalue weighted by molar-refractivity contribution is 5.95. The zero-order valence-corrected chi connectivity index (χ0v) is 18.4. The van der Waals surface area contributed by atoms with Gasteiger partial charge in [0, 0.05) is 44.3 Å². The lowest BCUT2D eigenvalue weighted by Gasteiger charge is -2.36. The zero-order valence-electron chi connectivity index (χ0n) is 18.4. The maximum absolute atomic E-state index is 13.7. The summed E-state index contributed by atoms with van der Waals surface area (Å²) >= 11 is 0. The van der Waals surface area contributed by atoms with E-state index in [1.54, 1.807) is 10.7 Å². The SMILES string of the molecule is Cc1ccc(N2CCN(C(=O)c3nnn(Cc4cccc(F)c4)c3-n3cccc3)CC2)cc1. The molecule has 7 nitrogen and oxygen atoms in total. The van der Waals surface area contributed by atoms with E-state index in [4.69, 9.17) is 0 Å². The number of aromatic nitrogens is 4. The Labute approximate surface area is 191 Å². The summed E-state index contributed by atoms with van der Waals surface area (Å²) in [6.45, 7) is 5.11. The number of anilines is 1. The van der Waals surface area contributed by atoms with Crippen molar-refractivity contribution in [3.05, 3.63) is 95.7 Å². The molecule has 2 aromatic carbocycles. The molecule has 1 fully saturated rings. The van der Waals surface area contributed by atoms with Crippen LogP contribution in [0.2, 0.25) is 0 Å². The van der Waals surface area contributed by atoms with Crippen LogP contribution in [-0.4, -0.2) is 56.5 Å². The molecular formula is C25H25FN6O. The third kappa shape index (κ3) is 4.37. The first kappa shape index (κ1) is 20.9. The van der Waals surface area contributed by atoms with Gasteiger partial charge in [-0.15, -0.1) is 5.10 Å². The highest BCUT2D eigenvalue weighted by Gasteiger charge is 2.28. The Morgan fingerprint density at radius 2 is 1.70 bits per heavy atom. The summed E-state index contributed by atoms with van der Waals surface area (Å²) in [5, 5.41) is 8.50. The summed E-state index contributed by atoms with van der Waals surface area (Å²) in [6.07, 6.45) is 3.71.